The SMILES string of the molecule is CC1CC(COP(=O)(O)OP(=O)(O)OP(=O)(O)O)OC1n1cc(F)c(=O)[nH]c1=O. The van der Waals surface area contributed by atoms with E-state index in [0.717, 1.165) is 4.57 Å². The number of ether oxygens (including phenoxy) is 1. The second kappa shape index (κ2) is 8.61. The molecule has 15 nitrogen and oxygen atoms in total. The molecule has 0 bridgehead atoms. The first-order chi connectivity index (χ1) is 13.1. The van der Waals surface area contributed by atoms with Crippen molar-refractivity contribution in [2.24, 2.45) is 5.92 Å². The fourth-order valence-electron chi connectivity index (χ4n) is 2.50. The van der Waals surface area contributed by atoms with Crippen molar-refractivity contribution < 1.29 is 55.5 Å². The number of phosphoric ester groups is 1. The lowest BCUT2D eigenvalue weighted by atomic mass is 10.1. The Bertz CT molecular complexity index is 1020. The van der Waals surface area contributed by atoms with Gasteiger partial charge in [0.1, 0.15) is 6.23 Å². The second-order valence-electron chi connectivity index (χ2n) is 5.89. The molecule has 5 N–H and O–H groups in total. The largest absolute Gasteiger partial charge is 0.490 e. The first-order valence-electron chi connectivity index (χ1n) is 7.53. The Hall–Kier alpha value is -1.02. The Balaban J connectivity index is 2.02. The third-order valence-electron chi connectivity index (χ3n) is 3.49. The van der Waals surface area contributed by atoms with Gasteiger partial charge in [0.15, 0.2) is 0 Å². The molecule has 0 aromatic carbocycles. The van der Waals surface area contributed by atoms with Gasteiger partial charge in [-0.05, 0) is 6.42 Å². The highest BCUT2D eigenvalue weighted by molar-refractivity contribution is 7.66. The zero-order valence-electron chi connectivity index (χ0n) is 14.4. The first kappa shape index (κ1) is 24.3. The minimum atomic E-state index is -5.65. The van der Waals surface area contributed by atoms with Gasteiger partial charge in [-0.3, -0.25) is 18.9 Å². The molecule has 0 radical (unpaired) electrons. The van der Waals surface area contributed by atoms with Gasteiger partial charge < -0.3 is 24.3 Å². The monoisotopic (exact) mass is 484 g/mol. The molecule has 166 valence electrons. The summed E-state index contributed by atoms with van der Waals surface area (Å²) in [6.45, 7) is 0.871. The van der Waals surface area contributed by atoms with Crippen LogP contribution < -0.4 is 11.2 Å². The molecule has 0 saturated carbocycles. The summed E-state index contributed by atoms with van der Waals surface area (Å²) in [5.41, 5.74) is -2.18. The molecule has 0 spiro atoms. The molecule has 19 heteroatoms. The number of aromatic nitrogens is 2. The van der Waals surface area contributed by atoms with Crippen molar-refractivity contribution in [1.29, 1.82) is 0 Å². The van der Waals surface area contributed by atoms with Gasteiger partial charge in [0, 0.05) is 5.92 Å². The van der Waals surface area contributed by atoms with Crippen LogP contribution in [-0.4, -0.2) is 41.8 Å². The van der Waals surface area contributed by atoms with Crippen molar-refractivity contribution in [2.45, 2.75) is 25.7 Å². The van der Waals surface area contributed by atoms with E-state index in [1.54, 1.807) is 11.9 Å². The number of rotatable bonds is 8. The van der Waals surface area contributed by atoms with E-state index in [2.05, 4.69) is 13.1 Å². The van der Waals surface area contributed by atoms with Gasteiger partial charge in [0.2, 0.25) is 5.82 Å². The summed E-state index contributed by atoms with van der Waals surface area (Å²) in [6.07, 6.45) is -1.29. The van der Waals surface area contributed by atoms with E-state index in [1.165, 1.54) is 0 Å². The third kappa shape index (κ3) is 7.02. The number of aromatic amines is 1. The predicted molar refractivity (Wildman–Crippen MR) is 88.8 cm³/mol. The minimum absolute atomic E-state index is 0.119. The Morgan fingerprint density at radius 2 is 1.83 bits per heavy atom. The molecule has 1 saturated heterocycles. The number of nitrogens with zero attached hydrogens (tertiary/aromatic N) is 1. The molecule has 2 rings (SSSR count). The van der Waals surface area contributed by atoms with E-state index < -0.39 is 65.4 Å². The molecule has 5 atom stereocenters. The normalized spacial score (nSPS) is 26.8. The molecule has 1 aromatic heterocycles. The highest BCUT2D eigenvalue weighted by Gasteiger charge is 2.42. The van der Waals surface area contributed by atoms with Crippen LogP contribution in [0.1, 0.15) is 19.6 Å². The number of H-pyrrole nitrogens is 1. The molecule has 0 amide bonds. The number of hydrogen-bond donors (Lipinski definition) is 5. The van der Waals surface area contributed by atoms with Gasteiger partial charge in [-0.15, -0.1) is 0 Å². The van der Waals surface area contributed by atoms with Crippen molar-refractivity contribution in [3.8, 4) is 0 Å². The van der Waals surface area contributed by atoms with Crippen LogP contribution in [0, 0.1) is 11.7 Å². The summed E-state index contributed by atoms with van der Waals surface area (Å²) < 4.78 is 64.7. The van der Waals surface area contributed by atoms with E-state index in [4.69, 9.17) is 19.4 Å². The van der Waals surface area contributed by atoms with E-state index >= 15 is 0 Å². The van der Waals surface area contributed by atoms with Gasteiger partial charge in [-0.25, -0.2) is 18.5 Å². The average Bonchev–Trinajstić information content (AvgIpc) is 2.86. The Labute approximate surface area is 160 Å². The van der Waals surface area contributed by atoms with Crippen LogP contribution in [0.15, 0.2) is 15.8 Å². The third-order valence-corrected chi connectivity index (χ3v) is 7.29. The number of halogens is 1. The highest BCUT2D eigenvalue weighted by Crippen LogP contribution is 2.66. The summed E-state index contributed by atoms with van der Waals surface area (Å²) in [5, 5.41) is 0. The molecule has 29 heavy (non-hydrogen) atoms. The van der Waals surface area contributed by atoms with Crippen LogP contribution in [0.25, 0.3) is 0 Å². The molecular weight excluding hydrogens is 468 g/mol. The van der Waals surface area contributed by atoms with E-state index in [1.807, 2.05) is 0 Å². The van der Waals surface area contributed by atoms with Gasteiger partial charge in [-0.1, -0.05) is 6.92 Å². The van der Waals surface area contributed by atoms with Crippen LogP contribution >= 0.6 is 23.5 Å². The summed E-state index contributed by atoms with van der Waals surface area (Å²) in [7, 11) is -16.5. The molecule has 1 fully saturated rings. The summed E-state index contributed by atoms with van der Waals surface area (Å²) in [5.74, 6) is -1.69. The lowest BCUT2D eigenvalue weighted by Gasteiger charge is -2.19. The predicted octanol–water partition coefficient (Wildman–Crippen LogP) is -0.0574. The van der Waals surface area contributed by atoms with Crippen molar-refractivity contribution in [3.05, 3.63) is 32.9 Å². The molecule has 0 aliphatic carbocycles. The molecule has 5 unspecified atom stereocenters. The molecule has 1 aliphatic rings. The van der Waals surface area contributed by atoms with Crippen LogP contribution in [0.4, 0.5) is 4.39 Å². The molecule has 1 aliphatic heterocycles. The van der Waals surface area contributed by atoms with Crippen LogP contribution in [0.2, 0.25) is 0 Å². The zero-order valence-corrected chi connectivity index (χ0v) is 17.0. The van der Waals surface area contributed by atoms with E-state index in [9.17, 15) is 32.6 Å². The van der Waals surface area contributed by atoms with Gasteiger partial charge in [0.25, 0.3) is 5.56 Å². The molecule has 1 aromatic rings. The minimum Gasteiger partial charge on any atom is -0.352 e. The van der Waals surface area contributed by atoms with Gasteiger partial charge in [0.05, 0.1) is 18.9 Å². The second-order valence-corrected chi connectivity index (χ2v) is 10.3. The van der Waals surface area contributed by atoms with Gasteiger partial charge in [-0.2, -0.15) is 13.0 Å². The zero-order chi connectivity index (χ0) is 22.2. The van der Waals surface area contributed by atoms with Gasteiger partial charge >= 0.3 is 29.2 Å². The van der Waals surface area contributed by atoms with E-state index in [0.29, 0.717) is 6.20 Å². The van der Waals surface area contributed by atoms with E-state index in [-0.39, 0.29) is 6.42 Å². The number of hydrogen-bond acceptors (Lipinski definition) is 9. The van der Waals surface area contributed by atoms with Crippen LogP contribution in [0.5, 0.6) is 0 Å². The summed E-state index contributed by atoms with van der Waals surface area (Å²) >= 11 is 0. The lowest BCUT2D eigenvalue weighted by Crippen LogP contribution is -2.35. The Morgan fingerprint density at radius 1 is 1.21 bits per heavy atom. The fourth-order valence-corrected chi connectivity index (χ4v) is 5.54. The Kier molecular flexibility index (Phi) is 7.20. The average molecular weight is 484 g/mol. The number of phosphoric acid groups is 3. The maximum Gasteiger partial charge on any atom is 0.490 e. The number of nitrogens with one attached hydrogen (secondary N) is 1. The lowest BCUT2D eigenvalue weighted by molar-refractivity contribution is -0.0336. The van der Waals surface area contributed by atoms with Crippen molar-refractivity contribution in [1.82, 2.24) is 9.55 Å². The standard InChI is InChI=1S/C10H16FN2O13P3/c1-5-2-6(24-9(5)13-3-7(11)8(14)12-10(13)15)4-23-28(19,20)26-29(21,22)25-27(16,17)18/h3,5-6,9H,2,4H2,1H3,(H,19,20)(H,21,22)(H,12,14,15)(H2,16,17,18). The fraction of sp³-hybridized carbons (Fsp3) is 0.600. The molecular formula is C10H16FN2O13P3. The Morgan fingerprint density at radius 3 is 2.41 bits per heavy atom. The first-order valence-corrected chi connectivity index (χ1v) is 12.1. The van der Waals surface area contributed by atoms with Crippen molar-refractivity contribution >= 4 is 23.5 Å². The summed E-state index contributed by atoms with van der Waals surface area (Å²) in [4.78, 5) is 60.0. The highest BCUT2D eigenvalue weighted by atomic mass is 31.3. The van der Waals surface area contributed by atoms with Crippen molar-refractivity contribution in [3.63, 3.8) is 0 Å². The maximum absolute atomic E-state index is 13.4. The van der Waals surface area contributed by atoms with Crippen LogP contribution in [0.3, 0.4) is 0 Å². The molecule has 2 heterocycles. The quantitative estimate of drug-likeness (QED) is 0.305. The smallest absolute Gasteiger partial charge is 0.352 e. The topological polar surface area (TPSA) is 224 Å². The van der Waals surface area contributed by atoms with Crippen LogP contribution in [-0.2, 0) is 31.6 Å². The summed E-state index contributed by atoms with van der Waals surface area (Å²) in [6, 6.07) is 0. The maximum atomic E-state index is 13.4. The van der Waals surface area contributed by atoms with Crippen molar-refractivity contribution in [2.75, 3.05) is 6.61 Å².